The molecule has 0 atom stereocenters. The van der Waals surface area contributed by atoms with Crippen LogP contribution in [0, 0.1) is 6.92 Å². The van der Waals surface area contributed by atoms with Crippen molar-refractivity contribution in [3.05, 3.63) is 46.5 Å². The number of nitrogen functional groups attached to an aromatic ring is 1. The van der Waals surface area contributed by atoms with Crippen molar-refractivity contribution >= 4 is 16.5 Å². The van der Waals surface area contributed by atoms with E-state index in [2.05, 4.69) is 36.2 Å². The van der Waals surface area contributed by atoms with Crippen molar-refractivity contribution in [1.82, 2.24) is 4.98 Å². The van der Waals surface area contributed by atoms with Gasteiger partial charge in [-0.05, 0) is 25.3 Å². The Bertz CT molecular complexity index is 434. The second-order valence-corrected chi connectivity index (χ2v) is 4.78. The summed E-state index contributed by atoms with van der Waals surface area (Å²) in [6.45, 7) is 2.08. The number of hydrogen-bond acceptors (Lipinski definition) is 3. The zero-order valence-electron chi connectivity index (χ0n) is 8.73. The van der Waals surface area contributed by atoms with Gasteiger partial charge >= 0.3 is 0 Å². The first-order valence-corrected chi connectivity index (χ1v) is 5.83. The highest BCUT2D eigenvalue weighted by molar-refractivity contribution is 7.15. The van der Waals surface area contributed by atoms with Crippen molar-refractivity contribution in [3.8, 4) is 0 Å². The molecule has 0 fully saturated rings. The summed E-state index contributed by atoms with van der Waals surface area (Å²) >= 11 is 1.57. The number of anilines is 1. The lowest BCUT2D eigenvalue weighted by Crippen LogP contribution is -1.93. The van der Waals surface area contributed by atoms with Crippen LogP contribution in [0.3, 0.4) is 0 Å². The molecule has 2 nitrogen and oxygen atoms in total. The molecule has 3 heteroatoms. The molecule has 0 spiro atoms. The molecule has 2 aromatic rings. The van der Waals surface area contributed by atoms with Gasteiger partial charge in [0.2, 0.25) is 0 Å². The summed E-state index contributed by atoms with van der Waals surface area (Å²) in [5, 5.41) is 0.676. The van der Waals surface area contributed by atoms with E-state index in [9.17, 15) is 0 Å². The van der Waals surface area contributed by atoms with Gasteiger partial charge in [-0.1, -0.05) is 30.3 Å². The molecule has 0 aliphatic heterocycles. The number of hydrogen-bond donors (Lipinski definition) is 1. The van der Waals surface area contributed by atoms with Gasteiger partial charge in [-0.3, -0.25) is 0 Å². The molecule has 0 amide bonds. The van der Waals surface area contributed by atoms with Crippen LogP contribution in [0.25, 0.3) is 0 Å². The maximum absolute atomic E-state index is 5.66. The molecular weight excluding hydrogens is 204 g/mol. The maximum Gasteiger partial charge on any atom is 0.180 e. The third-order valence-electron chi connectivity index (χ3n) is 2.40. The lowest BCUT2D eigenvalue weighted by atomic mass is 10.1. The summed E-state index contributed by atoms with van der Waals surface area (Å²) in [6, 6.07) is 10.5. The quantitative estimate of drug-likeness (QED) is 0.860. The van der Waals surface area contributed by atoms with Crippen molar-refractivity contribution < 1.29 is 0 Å². The van der Waals surface area contributed by atoms with E-state index in [0.717, 1.165) is 18.5 Å². The Morgan fingerprint density at radius 3 is 2.53 bits per heavy atom. The van der Waals surface area contributed by atoms with E-state index in [0.29, 0.717) is 5.13 Å². The van der Waals surface area contributed by atoms with Crippen LogP contribution in [0.15, 0.2) is 30.3 Å². The minimum atomic E-state index is 0.676. The van der Waals surface area contributed by atoms with Gasteiger partial charge < -0.3 is 5.73 Å². The molecule has 0 radical (unpaired) electrons. The number of aromatic nitrogens is 1. The van der Waals surface area contributed by atoms with Crippen molar-refractivity contribution in [3.63, 3.8) is 0 Å². The zero-order valence-corrected chi connectivity index (χ0v) is 9.55. The van der Waals surface area contributed by atoms with Gasteiger partial charge in [0.05, 0.1) is 5.69 Å². The van der Waals surface area contributed by atoms with Gasteiger partial charge in [0.15, 0.2) is 5.13 Å². The van der Waals surface area contributed by atoms with Crippen molar-refractivity contribution in [2.45, 2.75) is 19.8 Å². The van der Waals surface area contributed by atoms with Crippen molar-refractivity contribution in [1.29, 1.82) is 0 Å². The van der Waals surface area contributed by atoms with E-state index in [1.807, 2.05) is 6.07 Å². The van der Waals surface area contributed by atoms with Gasteiger partial charge in [0.25, 0.3) is 0 Å². The summed E-state index contributed by atoms with van der Waals surface area (Å²) in [5.41, 5.74) is 8.15. The van der Waals surface area contributed by atoms with Gasteiger partial charge in [-0.15, -0.1) is 11.3 Å². The molecule has 0 unspecified atom stereocenters. The van der Waals surface area contributed by atoms with Gasteiger partial charge in [0, 0.05) is 4.88 Å². The van der Waals surface area contributed by atoms with Crippen LogP contribution < -0.4 is 5.73 Å². The number of thiazole rings is 1. The minimum absolute atomic E-state index is 0.676. The predicted octanol–water partition coefficient (Wildman–Crippen LogP) is 2.82. The first-order valence-electron chi connectivity index (χ1n) is 5.01. The highest BCUT2D eigenvalue weighted by Gasteiger charge is 2.04. The first-order chi connectivity index (χ1) is 7.25. The summed E-state index contributed by atoms with van der Waals surface area (Å²) in [6.07, 6.45) is 2.01. The summed E-state index contributed by atoms with van der Waals surface area (Å²) in [4.78, 5) is 5.56. The molecule has 0 saturated carbocycles. The molecule has 15 heavy (non-hydrogen) atoms. The van der Waals surface area contributed by atoms with Crippen molar-refractivity contribution in [2.24, 2.45) is 0 Å². The average Bonchev–Trinajstić information content (AvgIpc) is 2.56. The maximum atomic E-state index is 5.66. The fourth-order valence-electron chi connectivity index (χ4n) is 1.59. The molecule has 0 aliphatic carbocycles. The molecule has 1 aromatic carbocycles. The molecule has 0 bridgehead atoms. The highest BCUT2D eigenvalue weighted by Crippen LogP contribution is 2.20. The average molecular weight is 218 g/mol. The lowest BCUT2D eigenvalue weighted by Gasteiger charge is -1.99. The van der Waals surface area contributed by atoms with E-state index in [1.54, 1.807) is 11.3 Å². The van der Waals surface area contributed by atoms with Crippen LogP contribution in [0.4, 0.5) is 5.13 Å². The fraction of sp³-hybridized carbons (Fsp3) is 0.250. The van der Waals surface area contributed by atoms with Crippen LogP contribution in [0.1, 0.15) is 16.1 Å². The Hall–Kier alpha value is -1.35. The Balaban J connectivity index is 2.02. The topological polar surface area (TPSA) is 38.9 Å². The third-order valence-corrected chi connectivity index (χ3v) is 3.24. The van der Waals surface area contributed by atoms with E-state index in [1.165, 1.54) is 10.4 Å². The van der Waals surface area contributed by atoms with E-state index in [4.69, 9.17) is 5.73 Å². The second-order valence-electron chi connectivity index (χ2n) is 3.54. The zero-order chi connectivity index (χ0) is 10.7. The van der Waals surface area contributed by atoms with Crippen LogP contribution in [-0.4, -0.2) is 4.98 Å². The van der Waals surface area contributed by atoms with Crippen molar-refractivity contribution in [2.75, 3.05) is 5.73 Å². The smallest absolute Gasteiger partial charge is 0.180 e. The largest absolute Gasteiger partial charge is 0.375 e. The Labute approximate surface area is 93.8 Å². The fourth-order valence-corrected chi connectivity index (χ4v) is 2.32. The van der Waals surface area contributed by atoms with Crippen LogP contribution in [0.2, 0.25) is 0 Å². The van der Waals surface area contributed by atoms with E-state index >= 15 is 0 Å². The summed E-state index contributed by atoms with van der Waals surface area (Å²) in [5.74, 6) is 0. The normalized spacial score (nSPS) is 10.5. The molecule has 0 aliphatic rings. The van der Waals surface area contributed by atoms with E-state index in [-0.39, 0.29) is 0 Å². The Morgan fingerprint density at radius 1 is 1.20 bits per heavy atom. The SMILES string of the molecule is Cc1sc(N)nc1CCc1ccccc1. The van der Waals surface area contributed by atoms with Crippen LogP contribution >= 0.6 is 11.3 Å². The summed E-state index contributed by atoms with van der Waals surface area (Å²) < 4.78 is 0. The molecule has 1 aromatic heterocycles. The standard InChI is InChI=1S/C12H14N2S/c1-9-11(14-12(13)15-9)8-7-10-5-3-2-4-6-10/h2-6H,7-8H2,1H3,(H2,13,14). The van der Waals surface area contributed by atoms with Gasteiger partial charge in [-0.2, -0.15) is 0 Å². The number of rotatable bonds is 3. The second kappa shape index (κ2) is 4.45. The highest BCUT2D eigenvalue weighted by atomic mass is 32.1. The van der Waals surface area contributed by atoms with Gasteiger partial charge in [-0.25, -0.2) is 4.98 Å². The van der Waals surface area contributed by atoms with Crippen LogP contribution in [0.5, 0.6) is 0 Å². The van der Waals surface area contributed by atoms with E-state index < -0.39 is 0 Å². The third kappa shape index (κ3) is 2.57. The molecule has 1 heterocycles. The number of nitrogens with two attached hydrogens (primary N) is 1. The molecule has 2 rings (SSSR count). The molecule has 2 N–H and O–H groups in total. The Kier molecular flexibility index (Phi) is 3.02. The first kappa shape index (κ1) is 10.2. The van der Waals surface area contributed by atoms with Crippen LogP contribution in [-0.2, 0) is 12.8 Å². The number of aryl methyl sites for hydroxylation is 3. The molecule has 0 saturated heterocycles. The monoisotopic (exact) mass is 218 g/mol. The number of benzene rings is 1. The minimum Gasteiger partial charge on any atom is -0.375 e. The summed E-state index contributed by atoms with van der Waals surface area (Å²) in [7, 11) is 0. The lowest BCUT2D eigenvalue weighted by molar-refractivity contribution is 0.918. The Morgan fingerprint density at radius 2 is 1.93 bits per heavy atom. The number of nitrogens with zero attached hydrogens (tertiary/aromatic N) is 1. The van der Waals surface area contributed by atoms with Gasteiger partial charge in [0.1, 0.15) is 0 Å². The molecular formula is C12H14N2S. The molecule has 78 valence electrons. The predicted molar refractivity (Wildman–Crippen MR) is 65.1 cm³/mol.